The molecule has 1 atom stereocenters. The molecule has 11 rings (SSSR count). The SMILES string of the molecule is c1ccc(C2=NC(c3cccc(-c4cccc(-c5ccc6c(c5)C5(c7ccccc7-c7ccccc75)c5ccccc5-6)c4)c3)=NC(c3ccccc3)N2)cc1. The number of hydrogen-bond acceptors (Lipinski definition) is 3. The van der Waals surface area contributed by atoms with E-state index >= 15 is 0 Å². The van der Waals surface area contributed by atoms with Gasteiger partial charge in [-0.1, -0.05) is 182 Å². The first kappa shape index (κ1) is 31.4. The van der Waals surface area contributed by atoms with Crippen LogP contribution in [0.3, 0.4) is 0 Å². The molecule has 1 heterocycles. The molecular weight excluding hydrogens is 667 g/mol. The van der Waals surface area contributed by atoms with E-state index in [9.17, 15) is 0 Å². The topological polar surface area (TPSA) is 36.8 Å². The molecule has 1 spiro atoms. The summed E-state index contributed by atoms with van der Waals surface area (Å²) in [4.78, 5) is 10.2. The number of fused-ring (bicyclic) bond motifs is 10. The van der Waals surface area contributed by atoms with E-state index in [2.05, 4.69) is 181 Å². The minimum absolute atomic E-state index is 0.246. The highest BCUT2D eigenvalue weighted by Gasteiger charge is 2.51. The first-order chi connectivity index (χ1) is 27.3. The van der Waals surface area contributed by atoms with E-state index in [1.807, 2.05) is 24.3 Å². The van der Waals surface area contributed by atoms with Crippen molar-refractivity contribution in [2.75, 3.05) is 0 Å². The summed E-state index contributed by atoms with van der Waals surface area (Å²) >= 11 is 0. The normalized spacial score (nSPS) is 15.6. The van der Waals surface area contributed by atoms with Crippen molar-refractivity contribution in [3.05, 3.63) is 239 Å². The van der Waals surface area contributed by atoms with E-state index in [1.165, 1.54) is 55.6 Å². The summed E-state index contributed by atoms with van der Waals surface area (Å²) in [5.41, 5.74) is 18.1. The lowest BCUT2D eigenvalue weighted by Gasteiger charge is -2.30. The maximum absolute atomic E-state index is 5.13. The van der Waals surface area contributed by atoms with E-state index in [1.54, 1.807) is 0 Å². The van der Waals surface area contributed by atoms with Crippen molar-refractivity contribution in [3.8, 4) is 44.5 Å². The summed E-state index contributed by atoms with van der Waals surface area (Å²) in [6.07, 6.45) is -0.246. The zero-order valence-electron chi connectivity index (χ0n) is 30.0. The lowest BCUT2D eigenvalue weighted by molar-refractivity contribution is 0.674. The molecule has 0 fully saturated rings. The van der Waals surface area contributed by atoms with Gasteiger partial charge in [-0.2, -0.15) is 0 Å². The maximum Gasteiger partial charge on any atom is 0.159 e. The first-order valence-electron chi connectivity index (χ1n) is 18.9. The van der Waals surface area contributed by atoms with Crippen LogP contribution >= 0.6 is 0 Å². The van der Waals surface area contributed by atoms with Crippen LogP contribution in [0.25, 0.3) is 44.5 Å². The van der Waals surface area contributed by atoms with Gasteiger partial charge in [0.15, 0.2) is 5.84 Å². The van der Waals surface area contributed by atoms with E-state index in [0.29, 0.717) is 5.84 Å². The van der Waals surface area contributed by atoms with Gasteiger partial charge >= 0.3 is 0 Å². The van der Waals surface area contributed by atoms with Crippen LogP contribution in [-0.4, -0.2) is 11.7 Å². The molecule has 0 aromatic heterocycles. The Balaban J connectivity index is 1.01. The maximum atomic E-state index is 5.13. The third-order valence-electron chi connectivity index (χ3n) is 11.6. The summed E-state index contributed by atoms with van der Waals surface area (Å²) in [6, 6.07) is 72.3. The predicted octanol–water partition coefficient (Wildman–Crippen LogP) is 11.9. The minimum atomic E-state index is -0.368. The molecule has 0 saturated heterocycles. The highest BCUT2D eigenvalue weighted by molar-refractivity contribution is 6.13. The van der Waals surface area contributed by atoms with Gasteiger partial charge in [0.2, 0.25) is 0 Å². The Morgan fingerprint density at radius 3 is 1.42 bits per heavy atom. The van der Waals surface area contributed by atoms with Crippen LogP contribution in [0.2, 0.25) is 0 Å². The third kappa shape index (κ3) is 4.90. The van der Waals surface area contributed by atoms with Gasteiger partial charge in [0.25, 0.3) is 0 Å². The predicted molar refractivity (Wildman–Crippen MR) is 225 cm³/mol. The van der Waals surface area contributed by atoms with Crippen molar-refractivity contribution in [1.82, 2.24) is 5.32 Å². The molecule has 3 aliphatic rings. The number of rotatable bonds is 5. The Labute approximate surface area is 321 Å². The molecule has 1 unspecified atom stereocenters. The fourth-order valence-electron chi connectivity index (χ4n) is 9.12. The van der Waals surface area contributed by atoms with E-state index < -0.39 is 0 Å². The summed E-state index contributed by atoms with van der Waals surface area (Å²) in [5.74, 6) is 1.53. The number of aliphatic imine (C=N–C) groups is 2. The number of nitrogens with zero attached hydrogens (tertiary/aromatic N) is 2. The number of amidine groups is 2. The molecule has 1 aliphatic heterocycles. The van der Waals surface area contributed by atoms with Crippen LogP contribution in [0.5, 0.6) is 0 Å². The highest BCUT2D eigenvalue weighted by atomic mass is 15.2. The summed E-state index contributed by atoms with van der Waals surface area (Å²) in [5, 5.41) is 3.57. The average molecular weight is 702 g/mol. The van der Waals surface area contributed by atoms with E-state index in [0.717, 1.165) is 33.7 Å². The fourth-order valence-corrected chi connectivity index (χ4v) is 9.12. The van der Waals surface area contributed by atoms with Gasteiger partial charge < -0.3 is 5.32 Å². The van der Waals surface area contributed by atoms with Gasteiger partial charge in [0.1, 0.15) is 12.0 Å². The standard InChI is InChI=1S/C52H35N3/c1-3-15-34(16-4-1)49-53-50(35-17-5-2-6-18-35)55-51(54-49)40-22-14-21-38(32-40)36-19-13-20-37(31-36)39-29-30-44-43-25-9-12-28-47(43)52(48(44)33-39)45-26-10-7-23-41(45)42-24-8-11-27-46(42)52/h1-33,49H,(H,53,54,55). The zero-order chi connectivity index (χ0) is 36.3. The van der Waals surface area contributed by atoms with Crippen molar-refractivity contribution in [2.45, 2.75) is 11.6 Å². The van der Waals surface area contributed by atoms with Crippen LogP contribution in [0.1, 0.15) is 45.1 Å². The largest absolute Gasteiger partial charge is 0.344 e. The van der Waals surface area contributed by atoms with Crippen molar-refractivity contribution >= 4 is 11.7 Å². The molecule has 0 radical (unpaired) electrons. The lowest BCUT2D eigenvalue weighted by Crippen LogP contribution is -2.33. The molecule has 55 heavy (non-hydrogen) atoms. The van der Waals surface area contributed by atoms with E-state index in [4.69, 9.17) is 9.98 Å². The van der Waals surface area contributed by atoms with Gasteiger partial charge in [-0.15, -0.1) is 0 Å². The van der Waals surface area contributed by atoms with Gasteiger partial charge in [0, 0.05) is 11.1 Å². The molecule has 0 amide bonds. The Morgan fingerprint density at radius 1 is 0.364 bits per heavy atom. The quantitative estimate of drug-likeness (QED) is 0.191. The second-order valence-corrected chi connectivity index (χ2v) is 14.5. The van der Waals surface area contributed by atoms with Gasteiger partial charge in [-0.05, 0) is 90.5 Å². The molecule has 0 saturated carbocycles. The van der Waals surface area contributed by atoms with Crippen LogP contribution in [0, 0.1) is 0 Å². The second-order valence-electron chi connectivity index (χ2n) is 14.5. The number of benzene rings is 8. The molecule has 8 aromatic carbocycles. The molecular formula is C52H35N3. The Bertz CT molecular complexity index is 2790. The van der Waals surface area contributed by atoms with Crippen molar-refractivity contribution < 1.29 is 0 Å². The van der Waals surface area contributed by atoms with Gasteiger partial charge in [0.05, 0.1) is 5.41 Å². The summed E-state index contributed by atoms with van der Waals surface area (Å²) < 4.78 is 0. The zero-order valence-corrected chi connectivity index (χ0v) is 30.0. The van der Waals surface area contributed by atoms with E-state index in [-0.39, 0.29) is 11.6 Å². The smallest absolute Gasteiger partial charge is 0.159 e. The Kier molecular flexibility index (Phi) is 7.14. The molecule has 3 heteroatoms. The number of nitrogens with one attached hydrogen (secondary N) is 1. The Hall–Kier alpha value is -7.10. The van der Waals surface area contributed by atoms with Crippen molar-refractivity contribution in [3.63, 3.8) is 0 Å². The lowest BCUT2D eigenvalue weighted by atomic mass is 9.70. The fraction of sp³-hybridized carbons (Fsp3) is 0.0385. The summed E-state index contributed by atoms with van der Waals surface area (Å²) in [6.45, 7) is 0. The van der Waals surface area contributed by atoms with Crippen LogP contribution < -0.4 is 5.32 Å². The Morgan fingerprint density at radius 2 is 0.818 bits per heavy atom. The molecule has 258 valence electrons. The molecule has 8 aromatic rings. The molecule has 2 aliphatic carbocycles. The van der Waals surface area contributed by atoms with Gasteiger partial charge in [-0.3, -0.25) is 0 Å². The van der Waals surface area contributed by atoms with Gasteiger partial charge in [-0.25, -0.2) is 9.98 Å². The minimum Gasteiger partial charge on any atom is -0.344 e. The molecule has 3 nitrogen and oxygen atoms in total. The van der Waals surface area contributed by atoms with Crippen LogP contribution in [0.4, 0.5) is 0 Å². The van der Waals surface area contributed by atoms with Crippen LogP contribution in [-0.2, 0) is 5.41 Å². The second kappa shape index (κ2) is 12.5. The first-order valence-corrected chi connectivity index (χ1v) is 18.9. The molecule has 1 N–H and O–H groups in total. The number of hydrogen-bond donors (Lipinski definition) is 1. The van der Waals surface area contributed by atoms with Crippen LogP contribution in [0.15, 0.2) is 210 Å². The molecule has 0 bridgehead atoms. The monoisotopic (exact) mass is 701 g/mol. The highest BCUT2D eigenvalue weighted by Crippen LogP contribution is 2.63. The summed E-state index contributed by atoms with van der Waals surface area (Å²) in [7, 11) is 0. The van der Waals surface area contributed by atoms with Crippen molar-refractivity contribution in [1.29, 1.82) is 0 Å². The third-order valence-corrected chi connectivity index (χ3v) is 11.6. The van der Waals surface area contributed by atoms with Crippen molar-refractivity contribution in [2.24, 2.45) is 9.98 Å². The average Bonchev–Trinajstić information content (AvgIpc) is 3.74.